The van der Waals surface area contributed by atoms with E-state index in [4.69, 9.17) is 0 Å². The standard InChI is InChI=1S/C18H24N2O/c1-6-20-14(3)11-17(15(20)4)18(21)12-19(5)16-9-7-8-13(2)10-16/h7-11H,6,12H2,1-5H3. The zero-order chi connectivity index (χ0) is 15.6. The van der Waals surface area contributed by atoms with Crippen LogP contribution in [0.3, 0.4) is 0 Å². The summed E-state index contributed by atoms with van der Waals surface area (Å²) in [5.74, 6) is 0.173. The number of aryl methyl sites for hydroxylation is 2. The minimum atomic E-state index is 0.173. The average molecular weight is 284 g/mol. The number of anilines is 1. The fraction of sp³-hybridized carbons (Fsp3) is 0.389. The van der Waals surface area contributed by atoms with Crippen molar-refractivity contribution in [3.05, 3.63) is 52.8 Å². The van der Waals surface area contributed by atoms with Gasteiger partial charge in [0.15, 0.2) is 5.78 Å². The van der Waals surface area contributed by atoms with E-state index in [1.807, 2.05) is 37.1 Å². The molecule has 0 bridgehead atoms. The first kappa shape index (κ1) is 15.4. The molecule has 3 heteroatoms. The predicted octanol–water partition coefficient (Wildman–Crippen LogP) is 3.75. The van der Waals surface area contributed by atoms with Crippen molar-refractivity contribution in [3.63, 3.8) is 0 Å². The minimum absolute atomic E-state index is 0.173. The summed E-state index contributed by atoms with van der Waals surface area (Å²) in [6.07, 6.45) is 0. The van der Waals surface area contributed by atoms with Crippen LogP contribution in [0.1, 0.15) is 34.2 Å². The third-order valence-electron chi connectivity index (χ3n) is 4.01. The second kappa shape index (κ2) is 6.17. The van der Waals surface area contributed by atoms with Gasteiger partial charge in [-0.2, -0.15) is 0 Å². The summed E-state index contributed by atoms with van der Waals surface area (Å²) in [7, 11) is 1.96. The molecule has 0 aliphatic carbocycles. The Morgan fingerprint density at radius 3 is 2.48 bits per heavy atom. The first-order chi connectivity index (χ1) is 9.93. The second-order valence-electron chi connectivity index (χ2n) is 5.65. The van der Waals surface area contributed by atoms with E-state index in [9.17, 15) is 4.79 Å². The average Bonchev–Trinajstić information content (AvgIpc) is 2.73. The quantitative estimate of drug-likeness (QED) is 0.781. The number of likely N-dealkylation sites (N-methyl/N-ethyl adjacent to an activating group) is 1. The number of nitrogens with zero attached hydrogens (tertiary/aromatic N) is 2. The van der Waals surface area contributed by atoms with Crippen LogP contribution >= 0.6 is 0 Å². The smallest absolute Gasteiger partial charge is 0.183 e. The fourth-order valence-electron chi connectivity index (χ4n) is 2.83. The number of carbonyl (C=O) groups excluding carboxylic acids is 1. The van der Waals surface area contributed by atoms with Crippen LogP contribution in [0.25, 0.3) is 0 Å². The van der Waals surface area contributed by atoms with E-state index in [2.05, 4.69) is 37.5 Å². The second-order valence-corrected chi connectivity index (χ2v) is 5.65. The van der Waals surface area contributed by atoms with E-state index in [0.717, 1.165) is 29.2 Å². The molecule has 2 aromatic rings. The highest BCUT2D eigenvalue weighted by molar-refractivity contribution is 6.00. The van der Waals surface area contributed by atoms with Crippen molar-refractivity contribution in [2.24, 2.45) is 0 Å². The van der Waals surface area contributed by atoms with E-state index >= 15 is 0 Å². The highest BCUT2D eigenvalue weighted by Crippen LogP contribution is 2.18. The summed E-state index contributed by atoms with van der Waals surface area (Å²) in [6, 6.07) is 10.2. The number of Topliss-reactive ketones (excluding diaryl/α,β-unsaturated/α-hetero) is 1. The van der Waals surface area contributed by atoms with Gasteiger partial charge in [0.05, 0.1) is 6.54 Å². The van der Waals surface area contributed by atoms with Gasteiger partial charge in [0.1, 0.15) is 0 Å². The maximum absolute atomic E-state index is 12.6. The molecule has 0 amide bonds. The summed E-state index contributed by atoms with van der Waals surface area (Å²) in [6.45, 7) is 9.55. The monoisotopic (exact) mass is 284 g/mol. The predicted molar refractivity (Wildman–Crippen MR) is 88.4 cm³/mol. The molecule has 1 heterocycles. The molecule has 0 saturated heterocycles. The van der Waals surface area contributed by atoms with Crippen LogP contribution in [0.2, 0.25) is 0 Å². The first-order valence-electron chi connectivity index (χ1n) is 7.41. The van der Waals surface area contributed by atoms with Gasteiger partial charge in [-0.1, -0.05) is 12.1 Å². The Balaban J connectivity index is 2.18. The van der Waals surface area contributed by atoms with Crippen molar-refractivity contribution < 1.29 is 4.79 Å². The van der Waals surface area contributed by atoms with Crippen molar-refractivity contribution in [2.45, 2.75) is 34.2 Å². The highest BCUT2D eigenvalue weighted by atomic mass is 16.1. The van der Waals surface area contributed by atoms with Gasteiger partial charge >= 0.3 is 0 Å². The Morgan fingerprint density at radius 1 is 1.19 bits per heavy atom. The number of rotatable bonds is 5. The van der Waals surface area contributed by atoms with Crippen LogP contribution in [0.5, 0.6) is 0 Å². The van der Waals surface area contributed by atoms with Gasteiger partial charge in [0.25, 0.3) is 0 Å². The number of hydrogen-bond acceptors (Lipinski definition) is 2. The summed E-state index contributed by atoms with van der Waals surface area (Å²) >= 11 is 0. The van der Waals surface area contributed by atoms with Crippen molar-refractivity contribution in [3.8, 4) is 0 Å². The molecule has 0 N–H and O–H groups in total. The SMILES string of the molecule is CCn1c(C)cc(C(=O)CN(C)c2cccc(C)c2)c1C. The van der Waals surface area contributed by atoms with Gasteiger partial charge in [0, 0.05) is 36.2 Å². The molecule has 1 aromatic heterocycles. The number of hydrogen-bond donors (Lipinski definition) is 0. The highest BCUT2D eigenvalue weighted by Gasteiger charge is 2.16. The molecule has 0 aliphatic rings. The van der Waals surface area contributed by atoms with Gasteiger partial charge < -0.3 is 9.47 Å². The van der Waals surface area contributed by atoms with Crippen molar-refractivity contribution in [1.29, 1.82) is 0 Å². The third kappa shape index (κ3) is 3.18. The number of benzene rings is 1. The van der Waals surface area contributed by atoms with Crippen LogP contribution < -0.4 is 4.90 Å². The Morgan fingerprint density at radius 2 is 1.90 bits per heavy atom. The maximum Gasteiger partial charge on any atom is 0.183 e. The molecule has 0 atom stereocenters. The van der Waals surface area contributed by atoms with Crippen LogP contribution in [0, 0.1) is 20.8 Å². The van der Waals surface area contributed by atoms with Gasteiger partial charge in [-0.15, -0.1) is 0 Å². The van der Waals surface area contributed by atoms with Crippen LogP contribution in [-0.4, -0.2) is 23.9 Å². The number of aromatic nitrogens is 1. The number of ketones is 1. The molecular formula is C18H24N2O. The van der Waals surface area contributed by atoms with Gasteiger partial charge in [0.2, 0.25) is 0 Å². The Bertz CT molecular complexity index is 655. The Labute approximate surface area is 127 Å². The molecular weight excluding hydrogens is 260 g/mol. The van der Waals surface area contributed by atoms with E-state index in [-0.39, 0.29) is 5.78 Å². The zero-order valence-corrected chi connectivity index (χ0v) is 13.6. The summed E-state index contributed by atoms with van der Waals surface area (Å²) in [5.41, 5.74) is 5.34. The maximum atomic E-state index is 12.6. The Hall–Kier alpha value is -2.03. The van der Waals surface area contributed by atoms with Crippen molar-refractivity contribution in [2.75, 3.05) is 18.5 Å². The molecule has 2 rings (SSSR count). The molecule has 0 unspecified atom stereocenters. The van der Waals surface area contributed by atoms with Crippen LogP contribution in [0.4, 0.5) is 5.69 Å². The van der Waals surface area contributed by atoms with Crippen molar-refractivity contribution in [1.82, 2.24) is 4.57 Å². The first-order valence-corrected chi connectivity index (χ1v) is 7.41. The zero-order valence-electron chi connectivity index (χ0n) is 13.6. The molecule has 1 aromatic carbocycles. The van der Waals surface area contributed by atoms with Crippen molar-refractivity contribution >= 4 is 11.5 Å². The molecule has 0 spiro atoms. The van der Waals surface area contributed by atoms with E-state index in [1.54, 1.807) is 0 Å². The topological polar surface area (TPSA) is 25.2 Å². The summed E-state index contributed by atoms with van der Waals surface area (Å²) < 4.78 is 2.18. The molecule has 112 valence electrons. The van der Waals surface area contributed by atoms with E-state index < -0.39 is 0 Å². The molecule has 0 fully saturated rings. The lowest BCUT2D eigenvalue weighted by Crippen LogP contribution is -2.26. The largest absolute Gasteiger partial charge is 0.367 e. The van der Waals surface area contributed by atoms with Gasteiger partial charge in [-0.05, 0) is 51.5 Å². The van der Waals surface area contributed by atoms with E-state index in [1.165, 1.54) is 5.56 Å². The molecule has 0 saturated carbocycles. The van der Waals surface area contributed by atoms with Crippen LogP contribution in [-0.2, 0) is 6.54 Å². The summed E-state index contributed by atoms with van der Waals surface area (Å²) in [4.78, 5) is 14.6. The fourth-order valence-corrected chi connectivity index (χ4v) is 2.83. The molecule has 0 radical (unpaired) electrons. The molecule has 21 heavy (non-hydrogen) atoms. The molecule has 0 aliphatic heterocycles. The van der Waals surface area contributed by atoms with Gasteiger partial charge in [-0.25, -0.2) is 0 Å². The third-order valence-corrected chi connectivity index (χ3v) is 4.01. The normalized spacial score (nSPS) is 10.7. The lowest BCUT2D eigenvalue weighted by molar-refractivity contribution is 0.0999. The molecule has 3 nitrogen and oxygen atoms in total. The number of carbonyl (C=O) groups is 1. The minimum Gasteiger partial charge on any atom is -0.367 e. The lowest BCUT2D eigenvalue weighted by atomic mass is 10.1. The van der Waals surface area contributed by atoms with Crippen LogP contribution in [0.15, 0.2) is 30.3 Å². The van der Waals surface area contributed by atoms with Gasteiger partial charge in [-0.3, -0.25) is 4.79 Å². The summed E-state index contributed by atoms with van der Waals surface area (Å²) in [5, 5.41) is 0. The lowest BCUT2D eigenvalue weighted by Gasteiger charge is -2.19. The Kier molecular flexibility index (Phi) is 4.51. The van der Waals surface area contributed by atoms with E-state index in [0.29, 0.717) is 6.54 Å².